The summed E-state index contributed by atoms with van der Waals surface area (Å²) in [7, 11) is 2.69. The zero-order valence-electron chi connectivity index (χ0n) is 13.8. The predicted molar refractivity (Wildman–Crippen MR) is 85.8 cm³/mol. The summed E-state index contributed by atoms with van der Waals surface area (Å²) >= 11 is 6.00. The van der Waals surface area contributed by atoms with E-state index in [9.17, 15) is 22.8 Å². The van der Waals surface area contributed by atoms with Gasteiger partial charge in [-0.15, -0.1) is 0 Å². The van der Waals surface area contributed by atoms with Crippen molar-refractivity contribution in [2.75, 3.05) is 32.6 Å². The van der Waals surface area contributed by atoms with Crippen LogP contribution in [0, 0.1) is 11.8 Å². The standard InChI is InChI=1S/C15H16ClF3N2O5/c1-25-10-3-7(4-11(26-2)12(10)16)20-14(24)21-5-8(13(22)23)9(6-21)15(17,18)19/h3-4,8-9H,5-6H2,1-2H3,(H,20,24)(H,22,23)/t8-,9-/m1/s1. The zero-order chi connectivity index (χ0) is 19.6. The minimum Gasteiger partial charge on any atom is -0.495 e. The zero-order valence-corrected chi connectivity index (χ0v) is 14.5. The van der Waals surface area contributed by atoms with Crippen molar-refractivity contribution in [2.24, 2.45) is 11.8 Å². The lowest BCUT2D eigenvalue weighted by Crippen LogP contribution is -2.35. The molecule has 1 aromatic rings. The van der Waals surface area contributed by atoms with Gasteiger partial charge in [-0.25, -0.2) is 4.79 Å². The highest BCUT2D eigenvalue weighted by Crippen LogP contribution is 2.39. The number of hydrogen-bond acceptors (Lipinski definition) is 4. The molecule has 1 heterocycles. The highest BCUT2D eigenvalue weighted by molar-refractivity contribution is 6.33. The summed E-state index contributed by atoms with van der Waals surface area (Å²) in [5.41, 5.74) is 0.176. The number of benzene rings is 1. The topological polar surface area (TPSA) is 88.1 Å². The van der Waals surface area contributed by atoms with Gasteiger partial charge < -0.3 is 24.8 Å². The van der Waals surface area contributed by atoms with Gasteiger partial charge in [0.05, 0.1) is 26.1 Å². The number of aliphatic carboxylic acids is 1. The Hall–Kier alpha value is -2.36. The van der Waals surface area contributed by atoms with Crippen molar-refractivity contribution < 1.29 is 37.3 Å². The van der Waals surface area contributed by atoms with Crippen molar-refractivity contribution in [3.63, 3.8) is 0 Å². The first-order valence-corrected chi connectivity index (χ1v) is 7.73. The maximum atomic E-state index is 13.0. The van der Waals surface area contributed by atoms with Crippen molar-refractivity contribution >= 4 is 29.3 Å². The van der Waals surface area contributed by atoms with E-state index in [1.165, 1.54) is 26.4 Å². The SMILES string of the molecule is COc1cc(NC(=O)N2C[C@@H](C(F)(F)F)[C@H](C(=O)O)C2)cc(OC)c1Cl. The number of carboxylic acids is 1. The van der Waals surface area contributed by atoms with Crippen LogP contribution in [-0.2, 0) is 4.79 Å². The first-order chi connectivity index (χ1) is 12.1. The number of rotatable bonds is 4. The van der Waals surface area contributed by atoms with Crippen LogP contribution in [0.15, 0.2) is 12.1 Å². The molecule has 0 radical (unpaired) electrons. The van der Waals surface area contributed by atoms with E-state index >= 15 is 0 Å². The number of amides is 2. The fourth-order valence-electron chi connectivity index (χ4n) is 2.70. The number of hydrogen-bond donors (Lipinski definition) is 2. The molecule has 0 aliphatic carbocycles. The molecule has 2 N–H and O–H groups in total. The number of carbonyl (C=O) groups excluding carboxylic acids is 1. The number of nitrogens with zero attached hydrogens (tertiary/aromatic N) is 1. The lowest BCUT2D eigenvalue weighted by Gasteiger charge is -2.19. The summed E-state index contributed by atoms with van der Waals surface area (Å²) in [5, 5.41) is 11.6. The predicted octanol–water partition coefficient (Wildman–Crippen LogP) is 3.08. The average molecular weight is 397 g/mol. The Kier molecular flexibility index (Phi) is 5.74. The minimum atomic E-state index is -4.72. The average Bonchev–Trinajstić information content (AvgIpc) is 3.02. The maximum Gasteiger partial charge on any atom is 0.394 e. The third-order valence-corrected chi connectivity index (χ3v) is 4.41. The number of carboxylic acid groups (broad SMARTS) is 1. The molecule has 2 amide bonds. The van der Waals surface area contributed by atoms with Gasteiger partial charge in [-0.2, -0.15) is 13.2 Å². The van der Waals surface area contributed by atoms with E-state index in [1.807, 2.05) is 0 Å². The molecule has 11 heteroatoms. The number of methoxy groups -OCH3 is 2. The van der Waals surface area contributed by atoms with Crippen LogP contribution in [0.5, 0.6) is 11.5 Å². The largest absolute Gasteiger partial charge is 0.495 e. The molecule has 1 fully saturated rings. The molecule has 144 valence electrons. The number of anilines is 1. The third kappa shape index (κ3) is 4.06. The Balaban J connectivity index is 2.19. The smallest absolute Gasteiger partial charge is 0.394 e. The lowest BCUT2D eigenvalue weighted by atomic mass is 9.96. The quantitative estimate of drug-likeness (QED) is 0.816. The van der Waals surface area contributed by atoms with E-state index in [0.717, 1.165) is 4.90 Å². The molecule has 0 aromatic heterocycles. The van der Waals surface area contributed by atoms with Crippen molar-refractivity contribution in [1.82, 2.24) is 4.90 Å². The first-order valence-electron chi connectivity index (χ1n) is 7.35. The molecule has 0 unspecified atom stereocenters. The van der Waals surface area contributed by atoms with Gasteiger partial charge in [-0.05, 0) is 0 Å². The van der Waals surface area contributed by atoms with Crippen LogP contribution in [0.3, 0.4) is 0 Å². The summed E-state index contributed by atoms with van der Waals surface area (Å²) in [6.07, 6.45) is -4.72. The molecular weight excluding hydrogens is 381 g/mol. The van der Waals surface area contributed by atoms with Gasteiger partial charge in [0.2, 0.25) is 0 Å². The van der Waals surface area contributed by atoms with Crippen LogP contribution in [0.1, 0.15) is 0 Å². The summed E-state index contributed by atoms with van der Waals surface area (Å²) in [4.78, 5) is 24.2. The molecule has 1 aliphatic heterocycles. The van der Waals surface area contributed by atoms with Gasteiger partial charge in [-0.3, -0.25) is 4.79 Å². The third-order valence-electron chi connectivity index (χ3n) is 4.04. The van der Waals surface area contributed by atoms with E-state index in [2.05, 4.69) is 5.32 Å². The van der Waals surface area contributed by atoms with Crippen LogP contribution in [0.4, 0.5) is 23.7 Å². The first kappa shape index (κ1) is 20.0. The minimum absolute atomic E-state index is 0.164. The second-order valence-corrected chi connectivity index (χ2v) is 6.00. The van der Waals surface area contributed by atoms with Crippen LogP contribution in [0.25, 0.3) is 0 Å². The van der Waals surface area contributed by atoms with Gasteiger partial charge in [0, 0.05) is 30.9 Å². The molecule has 0 spiro atoms. The van der Waals surface area contributed by atoms with Crippen molar-refractivity contribution in [1.29, 1.82) is 0 Å². The molecule has 2 rings (SSSR count). The number of halogens is 4. The van der Waals surface area contributed by atoms with Crippen LogP contribution < -0.4 is 14.8 Å². The van der Waals surface area contributed by atoms with Gasteiger partial charge in [0.1, 0.15) is 16.5 Å². The highest BCUT2D eigenvalue weighted by atomic mass is 35.5. The fourth-order valence-corrected chi connectivity index (χ4v) is 2.96. The fraction of sp³-hybridized carbons (Fsp3) is 0.467. The lowest BCUT2D eigenvalue weighted by molar-refractivity contribution is -0.187. The Morgan fingerprint density at radius 2 is 1.77 bits per heavy atom. The maximum absolute atomic E-state index is 13.0. The van der Waals surface area contributed by atoms with Gasteiger partial charge >= 0.3 is 18.2 Å². The molecule has 26 heavy (non-hydrogen) atoms. The molecule has 2 atom stereocenters. The van der Waals surface area contributed by atoms with E-state index < -0.39 is 43.1 Å². The molecule has 7 nitrogen and oxygen atoms in total. The molecule has 0 saturated carbocycles. The van der Waals surface area contributed by atoms with Crippen LogP contribution in [-0.4, -0.2) is 55.5 Å². The van der Waals surface area contributed by atoms with Crippen LogP contribution in [0.2, 0.25) is 5.02 Å². The van der Waals surface area contributed by atoms with Crippen molar-refractivity contribution in [2.45, 2.75) is 6.18 Å². The van der Waals surface area contributed by atoms with Crippen LogP contribution >= 0.6 is 11.6 Å². The van der Waals surface area contributed by atoms with E-state index in [0.29, 0.717) is 0 Å². The second kappa shape index (κ2) is 7.48. The molecule has 0 bridgehead atoms. The van der Waals surface area contributed by atoms with Gasteiger partial charge in [-0.1, -0.05) is 11.6 Å². The Bertz CT molecular complexity index is 688. The number of urea groups is 1. The molecular formula is C15H16ClF3N2O5. The Morgan fingerprint density at radius 3 is 2.15 bits per heavy atom. The summed E-state index contributed by atoms with van der Waals surface area (Å²) in [5.74, 6) is -5.05. The monoisotopic (exact) mass is 396 g/mol. The van der Waals surface area contributed by atoms with E-state index in [-0.39, 0.29) is 22.2 Å². The second-order valence-electron chi connectivity index (χ2n) is 5.62. The number of nitrogens with one attached hydrogen (secondary N) is 1. The normalized spacial score (nSPS) is 20.0. The Morgan fingerprint density at radius 1 is 1.23 bits per heavy atom. The Labute approximate surface area is 151 Å². The number of alkyl halides is 3. The summed E-state index contributed by atoms with van der Waals surface area (Å²) in [6, 6.07) is 1.87. The summed E-state index contributed by atoms with van der Waals surface area (Å²) < 4.78 is 49.1. The van der Waals surface area contributed by atoms with Gasteiger partial charge in [0.15, 0.2) is 0 Å². The molecule has 1 aromatic carbocycles. The van der Waals surface area contributed by atoms with Crippen molar-refractivity contribution in [3.8, 4) is 11.5 Å². The number of likely N-dealkylation sites (tertiary alicyclic amines) is 1. The van der Waals surface area contributed by atoms with Gasteiger partial charge in [0.25, 0.3) is 0 Å². The van der Waals surface area contributed by atoms with E-state index in [1.54, 1.807) is 0 Å². The summed E-state index contributed by atoms with van der Waals surface area (Å²) in [6.45, 7) is -1.29. The molecule has 1 aliphatic rings. The molecule has 1 saturated heterocycles. The highest BCUT2D eigenvalue weighted by Gasteiger charge is 2.53. The van der Waals surface area contributed by atoms with Crippen molar-refractivity contribution in [3.05, 3.63) is 17.2 Å². The number of ether oxygens (including phenoxy) is 2. The number of carbonyl (C=O) groups is 2. The van der Waals surface area contributed by atoms with E-state index in [4.69, 9.17) is 26.2 Å².